The molecule has 2 N–H and O–H groups in total. The maximum absolute atomic E-state index is 13.3. The number of hydrogen-bond donors (Lipinski definition) is 2. The summed E-state index contributed by atoms with van der Waals surface area (Å²) in [4.78, 5) is 46.8. The number of rotatable bonds is 6. The molecule has 1 saturated heterocycles. The fourth-order valence-corrected chi connectivity index (χ4v) is 5.55. The number of likely N-dealkylation sites (tertiary alicyclic amines) is 1. The number of ether oxygens (including phenoxy) is 1. The summed E-state index contributed by atoms with van der Waals surface area (Å²) in [5.41, 5.74) is 0.944. The molecule has 0 saturated carbocycles. The maximum Gasteiger partial charge on any atom is 0.332 e. The summed E-state index contributed by atoms with van der Waals surface area (Å²) < 4.78 is 5.70. The van der Waals surface area contributed by atoms with Gasteiger partial charge in [0.2, 0.25) is 11.8 Å². The van der Waals surface area contributed by atoms with Gasteiger partial charge in [-0.2, -0.15) is 0 Å². The SMILES string of the molecule is C=CC(=O)N1CC[C@@H](NC(=O)c2sc3nccc4c3c2NC(=O)N4c2ccc(Oc3ccccc3)nn2)C1. The van der Waals surface area contributed by atoms with Crippen LogP contribution in [0.5, 0.6) is 11.6 Å². The number of carbonyl (C=O) groups is 3. The van der Waals surface area contributed by atoms with E-state index in [1.165, 1.54) is 22.3 Å². The van der Waals surface area contributed by atoms with Crippen molar-refractivity contribution >= 4 is 56.6 Å². The summed E-state index contributed by atoms with van der Waals surface area (Å²) in [5.74, 6) is 0.696. The number of pyridine rings is 1. The number of hydrogen-bond acceptors (Lipinski definition) is 8. The fraction of sp³-hybridized carbons (Fsp3) is 0.154. The second-order valence-corrected chi connectivity index (χ2v) is 9.67. The van der Waals surface area contributed by atoms with Crippen LogP contribution in [0.3, 0.4) is 0 Å². The molecule has 190 valence electrons. The van der Waals surface area contributed by atoms with E-state index in [0.717, 1.165) is 0 Å². The molecule has 0 aliphatic carbocycles. The molecule has 0 bridgehead atoms. The predicted molar refractivity (Wildman–Crippen MR) is 142 cm³/mol. The minimum atomic E-state index is -0.480. The van der Waals surface area contributed by atoms with Gasteiger partial charge >= 0.3 is 6.03 Å². The van der Waals surface area contributed by atoms with Crippen LogP contribution in [0.1, 0.15) is 16.1 Å². The maximum atomic E-state index is 13.3. The van der Waals surface area contributed by atoms with Gasteiger partial charge in [0.1, 0.15) is 15.5 Å². The Kier molecular flexibility index (Phi) is 5.92. The van der Waals surface area contributed by atoms with Gasteiger partial charge < -0.3 is 20.3 Å². The van der Waals surface area contributed by atoms with Gasteiger partial charge in [-0.15, -0.1) is 21.5 Å². The standard InChI is InChI=1S/C26H21N7O4S/c1-2-20(34)32-13-11-15(14-32)28-24(35)23-22-21-17(10-12-27-25(21)38-23)33(26(36)29-22)18-8-9-19(31-30-18)37-16-6-4-3-5-7-16/h2-10,12,15H,1,11,13-14H2,(H,28,35)(H,29,36)/t15-/m1/s1. The second-order valence-electron chi connectivity index (χ2n) is 8.67. The Labute approximate surface area is 220 Å². The van der Waals surface area contributed by atoms with E-state index in [1.54, 1.807) is 41.4 Å². The van der Waals surface area contributed by atoms with Crippen LogP contribution in [0.2, 0.25) is 0 Å². The van der Waals surface area contributed by atoms with Crippen molar-refractivity contribution in [3.63, 3.8) is 0 Å². The summed E-state index contributed by atoms with van der Waals surface area (Å²) in [7, 11) is 0. The predicted octanol–water partition coefficient (Wildman–Crippen LogP) is 4.08. The zero-order valence-electron chi connectivity index (χ0n) is 20.0. The topological polar surface area (TPSA) is 130 Å². The van der Waals surface area contributed by atoms with Gasteiger partial charge in [-0.25, -0.2) is 14.7 Å². The minimum absolute atomic E-state index is 0.164. The molecule has 11 nitrogen and oxygen atoms in total. The van der Waals surface area contributed by atoms with Crippen LogP contribution in [0.4, 0.5) is 22.0 Å². The molecule has 4 amide bonds. The van der Waals surface area contributed by atoms with Gasteiger partial charge in [-0.1, -0.05) is 24.8 Å². The van der Waals surface area contributed by atoms with Crippen molar-refractivity contribution in [2.45, 2.75) is 12.5 Å². The minimum Gasteiger partial charge on any atom is -0.438 e. The van der Waals surface area contributed by atoms with Crippen LogP contribution >= 0.6 is 11.3 Å². The Morgan fingerprint density at radius 3 is 2.76 bits per heavy atom. The van der Waals surface area contributed by atoms with E-state index in [4.69, 9.17) is 4.74 Å². The molecular weight excluding hydrogens is 506 g/mol. The molecule has 0 unspecified atom stereocenters. The first-order valence-corrected chi connectivity index (χ1v) is 12.6. The third-order valence-electron chi connectivity index (χ3n) is 6.28. The first-order chi connectivity index (χ1) is 18.5. The van der Waals surface area contributed by atoms with Crippen LogP contribution in [0.15, 0.2) is 67.4 Å². The van der Waals surface area contributed by atoms with Crippen molar-refractivity contribution < 1.29 is 19.1 Å². The largest absolute Gasteiger partial charge is 0.438 e. The lowest BCUT2D eigenvalue weighted by molar-refractivity contribution is -0.125. The fourth-order valence-electron chi connectivity index (χ4n) is 4.53. The van der Waals surface area contributed by atoms with Crippen LogP contribution in [-0.2, 0) is 4.79 Å². The lowest BCUT2D eigenvalue weighted by Crippen LogP contribution is -2.39. The molecule has 1 atom stereocenters. The molecule has 3 aromatic heterocycles. The number of amides is 4. The van der Waals surface area contributed by atoms with Crippen LogP contribution in [0.25, 0.3) is 10.2 Å². The molecule has 1 aromatic carbocycles. The highest BCUT2D eigenvalue weighted by atomic mass is 32.1. The van der Waals surface area contributed by atoms with Gasteiger partial charge in [0, 0.05) is 31.4 Å². The van der Waals surface area contributed by atoms with E-state index < -0.39 is 6.03 Å². The third kappa shape index (κ3) is 4.20. The number of urea groups is 1. The normalized spacial score (nSPS) is 16.3. The molecular formula is C26H21N7O4S. The molecule has 1 fully saturated rings. The molecule has 5 heterocycles. The van der Waals surface area contributed by atoms with E-state index in [-0.39, 0.29) is 29.6 Å². The number of para-hydroxylation sites is 1. The molecule has 6 rings (SSSR count). The Balaban J connectivity index is 1.27. The lowest BCUT2D eigenvalue weighted by Gasteiger charge is -2.27. The Morgan fingerprint density at radius 1 is 1.16 bits per heavy atom. The Morgan fingerprint density at radius 2 is 2.00 bits per heavy atom. The molecule has 0 radical (unpaired) electrons. The first-order valence-electron chi connectivity index (χ1n) is 11.8. The monoisotopic (exact) mass is 527 g/mol. The van der Waals surface area contributed by atoms with Gasteiger partial charge in [-0.3, -0.25) is 9.59 Å². The van der Waals surface area contributed by atoms with E-state index in [0.29, 0.717) is 51.7 Å². The smallest absolute Gasteiger partial charge is 0.332 e. The van der Waals surface area contributed by atoms with Crippen molar-refractivity contribution in [1.29, 1.82) is 0 Å². The van der Waals surface area contributed by atoms with Gasteiger partial charge in [-0.05, 0) is 36.8 Å². The third-order valence-corrected chi connectivity index (χ3v) is 7.38. The zero-order chi connectivity index (χ0) is 26.2. The molecule has 0 spiro atoms. The highest BCUT2D eigenvalue weighted by molar-refractivity contribution is 7.21. The average Bonchev–Trinajstić information content (AvgIpc) is 3.55. The average molecular weight is 528 g/mol. The Hall–Kier alpha value is -4.84. The van der Waals surface area contributed by atoms with Crippen LogP contribution < -0.4 is 20.3 Å². The Bertz CT molecular complexity index is 1570. The molecule has 2 aliphatic heterocycles. The van der Waals surface area contributed by atoms with Crippen molar-refractivity contribution in [3.05, 3.63) is 72.3 Å². The van der Waals surface area contributed by atoms with Crippen molar-refractivity contribution in [2.75, 3.05) is 23.3 Å². The van der Waals surface area contributed by atoms with E-state index in [1.807, 2.05) is 18.2 Å². The lowest BCUT2D eigenvalue weighted by atomic mass is 10.1. The molecule has 38 heavy (non-hydrogen) atoms. The summed E-state index contributed by atoms with van der Waals surface area (Å²) in [6, 6.07) is 13.5. The van der Waals surface area contributed by atoms with E-state index in [9.17, 15) is 14.4 Å². The van der Waals surface area contributed by atoms with Crippen molar-refractivity contribution in [1.82, 2.24) is 25.4 Å². The first kappa shape index (κ1) is 23.6. The molecule has 2 aliphatic rings. The summed E-state index contributed by atoms with van der Waals surface area (Å²) in [5, 5.41) is 14.8. The summed E-state index contributed by atoms with van der Waals surface area (Å²) in [6.07, 6.45) is 3.49. The summed E-state index contributed by atoms with van der Waals surface area (Å²) in [6.45, 7) is 4.46. The van der Waals surface area contributed by atoms with E-state index >= 15 is 0 Å². The summed E-state index contributed by atoms with van der Waals surface area (Å²) >= 11 is 1.19. The number of thiophene rings is 1. The van der Waals surface area contributed by atoms with Gasteiger partial charge in [0.25, 0.3) is 5.91 Å². The number of aromatic nitrogens is 3. The van der Waals surface area contributed by atoms with Crippen LogP contribution in [0, 0.1) is 0 Å². The second kappa shape index (κ2) is 9.56. The molecule has 12 heteroatoms. The van der Waals surface area contributed by atoms with Crippen molar-refractivity contribution in [3.8, 4) is 11.6 Å². The number of carbonyl (C=O) groups excluding carboxylic acids is 3. The highest BCUT2D eigenvalue weighted by Gasteiger charge is 2.34. The number of nitrogens with one attached hydrogen (secondary N) is 2. The number of anilines is 3. The highest BCUT2D eigenvalue weighted by Crippen LogP contribution is 2.45. The van der Waals surface area contributed by atoms with Crippen LogP contribution in [-0.4, -0.2) is 57.1 Å². The van der Waals surface area contributed by atoms with Gasteiger partial charge in [0.05, 0.1) is 16.8 Å². The quantitative estimate of drug-likeness (QED) is 0.362. The van der Waals surface area contributed by atoms with E-state index in [2.05, 4.69) is 32.4 Å². The zero-order valence-corrected chi connectivity index (χ0v) is 20.8. The number of nitrogens with zero attached hydrogens (tertiary/aromatic N) is 5. The molecule has 4 aromatic rings. The van der Waals surface area contributed by atoms with Crippen molar-refractivity contribution in [2.24, 2.45) is 0 Å². The van der Waals surface area contributed by atoms with Gasteiger partial charge in [0.15, 0.2) is 5.82 Å². The number of benzene rings is 1.